The first-order valence-electron chi connectivity index (χ1n) is 6.25. The molecule has 1 aliphatic rings. The van der Waals surface area contributed by atoms with E-state index >= 15 is 0 Å². The lowest BCUT2D eigenvalue weighted by Crippen LogP contribution is -2.45. The van der Waals surface area contributed by atoms with Crippen LogP contribution in [0, 0.1) is 5.82 Å². The molecule has 1 fully saturated rings. The van der Waals surface area contributed by atoms with Crippen molar-refractivity contribution in [3.8, 4) is 0 Å². The molecule has 0 amide bonds. The standard InChI is InChI=1S/C13H19BrFN3/c1-17-6-8-18(9-7-17)5-4-16-13-10-11(15)2-3-12(13)14/h2-3,10,16H,4-9H2,1H3. The Morgan fingerprint density at radius 2 is 2.00 bits per heavy atom. The zero-order chi connectivity index (χ0) is 13.0. The molecule has 0 aromatic heterocycles. The van der Waals surface area contributed by atoms with Gasteiger partial charge in [-0.3, -0.25) is 4.90 Å². The molecule has 1 saturated heterocycles. The minimum Gasteiger partial charge on any atom is -0.383 e. The van der Waals surface area contributed by atoms with E-state index in [1.807, 2.05) is 0 Å². The van der Waals surface area contributed by atoms with E-state index in [-0.39, 0.29) is 5.82 Å². The zero-order valence-electron chi connectivity index (χ0n) is 10.6. The summed E-state index contributed by atoms with van der Waals surface area (Å²) in [5, 5.41) is 3.27. The third-order valence-electron chi connectivity index (χ3n) is 3.27. The number of halogens is 2. The summed E-state index contributed by atoms with van der Waals surface area (Å²) in [6.07, 6.45) is 0. The van der Waals surface area contributed by atoms with Gasteiger partial charge >= 0.3 is 0 Å². The fourth-order valence-electron chi connectivity index (χ4n) is 2.05. The summed E-state index contributed by atoms with van der Waals surface area (Å²) in [6, 6.07) is 4.71. The molecule has 0 atom stereocenters. The minimum atomic E-state index is -0.208. The second-order valence-electron chi connectivity index (χ2n) is 4.70. The van der Waals surface area contributed by atoms with E-state index in [1.165, 1.54) is 12.1 Å². The first kappa shape index (κ1) is 13.8. The van der Waals surface area contributed by atoms with Gasteiger partial charge in [-0.25, -0.2) is 4.39 Å². The molecule has 1 aromatic carbocycles. The van der Waals surface area contributed by atoms with Crippen molar-refractivity contribution < 1.29 is 4.39 Å². The molecule has 1 heterocycles. The lowest BCUT2D eigenvalue weighted by molar-refractivity contribution is 0.158. The molecule has 2 rings (SSSR count). The predicted molar refractivity (Wildman–Crippen MR) is 76.5 cm³/mol. The van der Waals surface area contributed by atoms with Gasteiger partial charge in [0.1, 0.15) is 5.82 Å². The van der Waals surface area contributed by atoms with E-state index in [9.17, 15) is 4.39 Å². The maximum Gasteiger partial charge on any atom is 0.125 e. The molecule has 1 aromatic rings. The van der Waals surface area contributed by atoms with E-state index in [1.54, 1.807) is 6.07 Å². The molecule has 1 N–H and O–H groups in total. The van der Waals surface area contributed by atoms with Crippen LogP contribution in [0.15, 0.2) is 22.7 Å². The van der Waals surface area contributed by atoms with E-state index in [0.717, 1.165) is 49.4 Å². The summed E-state index contributed by atoms with van der Waals surface area (Å²) < 4.78 is 14.0. The Labute approximate surface area is 116 Å². The summed E-state index contributed by atoms with van der Waals surface area (Å²) in [5.41, 5.74) is 0.823. The molecular formula is C13H19BrFN3. The number of hydrogen-bond donors (Lipinski definition) is 1. The van der Waals surface area contributed by atoms with Crippen molar-refractivity contribution in [1.82, 2.24) is 9.80 Å². The molecule has 0 unspecified atom stereocenters. The molecule has 100 valence electrons. The van der Waals surface area contributed by atoms with Gasteiger partial charge in [0.15, 0.2) is 0 Å². The number of nitrogens with one attached hydrogen (secondary N) is 1. The van der Waals surface area contributed by atoms with Crippen molar-refractivity contribution in [1.29, 1.82) is 0 Å². The van der Waals surface area contributed by atoms with Gasteiger partial charge in [-0.15, -0.1) is 0 Å². The van der Waals surface area contributed by atoms with Crippen LogP contribution in [-0.2, 0) is 0 Å². The maximum atomic E-state index is 13.1. The Bertz CT molecular complexity index is 392. The molecule has 1 aliphatic heterocycles. The molecule has 0 spiro atoms. The van der Waals surface area contributed by atoms with Gasteiger partial charge in [-0.2, -0.15) is 0 Å². The number of hydrogen-bond acceptors (Lipinski definition) is 3. The van der Waals surface area contributed by atoms with Gasteiger partial charge in [0, 0.05) is 43.7 Å². The molecule has 3 nitrogen and oxygen atoms in total. The lowest BCUT2D eigenvalue weighted by Gasteiger charge is -2.32. The molecule has 18 heavy (non-hydrogen) atoms. The maximum absolute atomic E-state index is 13.1. The van der Waals surface area contributed by atoms with Gasteiger partial charge in [0.25, 0.3) is 0 Å². The summed E-state index contributed by atoms with van der Waals surface area (Å²) >= 11 is 3.42. The minimum absolute atomic E-state index is 0.208. The summed E-state index contributed by atoms with van der Waals surface area (Å²) in [4.78, 5) is 4.77. The van der Waals surface area contributed by atoms with Crippen molar-refractivity contribution in [2.75, 3.05) is 51.6 Å². The van der Waals surface area contributed by atoms with Crippen LogP contribution in [0.1, 0.15) is 0 Å². The molecule has 0 bridgehead atoms. The van der Waals surface area contributed by atoms with Crippen LogP contribution in [0.2, 0.25) is 0 Å². The highest BCUT2D eigenvalue weighted by atomic mass is 79.9. The van der Waals surface area contributed by atoms with Crippen molar-refractivity contribution in [2.24, 2.45) is 0 Å². The fourth-order valence-corrected chi connectivity index (χ4v) is 2.44. The van der Waals surface area contributed by atoms with Gasteiger partial charge in [0.05, 0.1) is 5.69 Å². The third kappa shape index (κ3) is 3.93. The Kier molecular flexibility index (Phi) is 4.97. The van der Waals surface area contributed by atoms with Gasteiger partial charge in [-0.05, 0) is 41.2 Å². The van der Waals surface area contributed by atoms with Crippen LogP contribution < -0.4 is 5.32 Å². The normalized spacial score (nSPS) is 17.9. The summed E-state index contributed by atoms with van der Waals surface area (Å²) in [7, 11) is 2.15. The van der Waals surface area contributed by atoms with Gasteiger partial charge in [-0.1, -0.05) is 0 Å². The Morgan fingerprint density at radius 3 is 2.72 bits per heavy atom. The fraction of sp³-hybridized carbons (Fsp3) is 0.538. The van der Waals surface area contributed by atoms with Gasteiger partial charge in [0.2, 0.25) is 0 Å². The number of piperazine rings is 1. The zero-order valence-corrected chi connectivity index (χ0v) is 12.2. The Hall–Kier alpha value is -0.650. The highest BCUT2D eigenvalue weighted by Crippen LogP contribution is 2.22. The molecule has 0 aliphatic carbocycles. The number of rotatable bonds is 4. The van der Waals surface area contributed by atoms with Crippen molar-refractivity contribution in [3.05, 3.63) is 28.5 Å². The lowest BCUT2D eigenvalue weighted by atomic mass is 10.3. The molecular weight excluding hydrogens is 297 g/mol. The van der Waals surface area contributed by atoms with Crippen LogP contribution in [0.4, 0.5) is 10.1 Å². The van der Waals surface area contributed by atoms with Crippen LogP contribution in [-0.4, -0.2) is 56.1 Å². The van der Waals surface area contributed by atoms with Crippen molar-refractivity contribution in [3.63, 3.8) is 0 Å². The van der Waals surface area contributed by atoms with E-state index in [0.29, 0.717) is 0 Å². The monoisotopic (exact) mass is 315 g/mol. The number of likely N-dealkylation sites (N-methyl/N-ethyl adjacent to an activating group) is 1. The highest BCUT2D eigenvalue weighted by Gasteiger charge is 2.12. The summed E-state index contributed by atoms with van der Waals surface area (Å²) in [6.45, 7) is 6.32. The van der Waals surface area contributed by atoms with Gasteiger partial charge < -0.3 is 10.2 Å². The van der Waals surface area contributed by atoms with Crippen LogP contribution in [0.5, 0.6) is 0 Å². The Morgan fingerprint density at radius 1 is 1.28 bits per heavy atom. The number of nitrogens with zero attached hydrogens (tertiary/aromatic N) is 2. The molecule has 0 saturated carbocycles. The quantitative estimate of drug-likeness (QED) is 0.919. The SMILES string of the molecule is CN1CCN(CCNc2cc(F)ccc2Br)CC1. The highest BCUT2D eigenvalue weighted by molar-refractivity contribution is 9.10. The largest absolute Gasteiger partial charge is 0.383 e. The number of benzene rings is 1. The van der Waals surface area contributed by atoms with Crippen molar-refractivity contribution >= 4 is 21.6 Å². The van der Waals surface area contributed by atoms with Crippen LogP contribution >= 0.6 is 15.9 Å². The first-order chi connectivity index (χ1) is 8.65. The van der Waals surface area contributed by atoms with Crippen molar-refractivity contribution in [2.45, 2.75) is 0 Å². The topological polar surface area (TPSA) is 18.5 Å². The van der Waals surface area contributed by atoms with Crippen LogP contribution in [0.3, 0.4) is 0 Å². The predicted octanol–water partition coefficient (Wildman–Crippen LogP) is 2.25. The van der Waals surface area contributed by atoms with E-state index in [4.69, 9.17) is 0 Å². The van der Waals surface area contributed by atoms with Crippen LogP contribution in [0.25, 0.3) is 0 Å². The van der Waals surface area contributed by atoms with E-state index < -0.39 is 0 Å². The number of anilines is 1. The molecule has 0 radical (unpaired) electrons. The Balaban J connectivity index is 1.76. The summed E-state index contributed by atoms with van der Waals surface area (Å²) in [5.74, 6) is -0.208. The third-order valence-corrected chi connectivity index (χ3v) is 3.96. The average molecular weight is 316 g/mol. The second kappa shape index (κ2) is 6.50. The molecule has 5 heteroatoms. The second-order valence-corrected chi connectivity index (χ2v) is 5.55. The van der Waals surface area contributed by atoms with E-state index in [2.05, 4.69) is 38.1 Å². The first-order valence-corrected chi connectivity index (χ1v) is 7.04. The average Bonchev–Trinajstić information content (AvgIpc) is 2.36. The smallest absolute Gasteiger partial charge is 0.125 e.